The zero-order valence-electron chi connectivity index (χ0n) is 22.0. The summed E-state index contributed by atoms with van der Waals surface area (Å²) in [5.74, 6) is -2.70. The van der Waals surface area contributed by atoms with Gasteiger partial charge < -0.3 is 15.8 Å². The van der Waals surface area contributed by atoms with Gasteiger partial charge in [-0.15, -0.1) is 11.8 Å². The maximum Gasteiger partial charge on any atom is 0.352 e. The van der Waals surface area contributed by atoms with Crippen LogP contribution in [0.1, 0.15) is 71.7 Å². The lowest BCUT2D eigenvalue weighted by Crippen LogP contribution is -2.72. The van der Waals surface area contributed by atoms with Crippen LogP contribution in [0.25, 0.3) is 0 Å². The van der Waals surface area contributed by atoms with Crippen LogP contribution in [0.3, 0.4) is 0 Å². The molecule has 1 aromatic carbocycles. The Hall–Kier alpha value is -3.70. The molecule has 4 N–H and O–H groups in total. The van der Waals surface area contributed by atoms with Crippen LogP contribution in [0, 0.1) is 5.92 Å². The van der Waals surface area contributed by atoms with Gasteiger partial charge in [-0.2, -0.15) is 0 Å². The summed E-state index contributed by atoms with van der Waals surface area (Å²) in [6.07, 6.45) is 4.99. The average molecular weight is 563 g/mol. The van der Waals surface area contributed by atoms with Gasteiger partial charge in [0.1, 0.15) is 28.7 Å². The van der Waals surface area contributed by atoms with Crippen LogP contribution in [-0.4, -0.2) is 60.7 Å². The van der Waals surface area contributed by atoms with Gasteiger partial charge in [-0.25, -0.2) is 4.79 Å². The maximum atomic E-state index is 14.2. The summed E-state index contributed by atoms with van der Waals surface area (Å²) in [5, 5.41) is 8.96. The summed E-state index contributed by atoms with van der Waals surface area (Å²) in [6.45, 7) is 1.63. The van der Waals surface area contributed by atoms with Crippen LogP contribution in [-0.2, 0) is 20.8 Å². The Bertz CT molecular complexity index is 1520. The molecule has 1 aromatic heterocycles. The molecule has 0 unspecified atom stereocenters. The highest BCUT2D eigenvalue weighted by Crippen LogP contribution is 2.46. The number of nitrogens with one attached hydrogen (secondary N) is 1. The minimum Gasteiger partial charge on any atom is -0.477 e. The topological polar surface area (TPSA) is 154 Å². The highest BCUT2D eigenvalue weighted by Gasteiger charge is 2.58. The molecule has 1 saturated carbocycles. The van der Waals surface area contributed by atoms with Crippen molar-refractivity contribution in [3.05, 3.63) is 80.4 Å². The Labute approximate surface area is 234 Å². The van der Waals surface area contributed by atoms with Crippen molar-refractivity contribution < 1.29 is 24.3 Å². The van der Waals surface area contributed by atoms with E-state index in [1.807, 2.05) is 0 Å². The van der Waals surface area contributed by atoms with Crippen LogP contribution < -0.4 is 11.3 Å². The first-order valence-electron chi connectivity index (χ1n) is 13.5. The van der Waals surface area contributed by atoms with E-state index in [0.717, 1.165) is 53.2 Å². The Balaban J connectivity index is 1.41. The van der Waals surface area contributed by atoms with E-state index in [2.05, 4.69) is 4.98 Å². The number of aromatic amines is 1. The van der Waals surface area contributed by atoms with Gasteiger partial charge in [-0.05, 0) is 60.8 Å². The fraction of sp³-hybridized carbons (Fsp3) is 0.414. The van der Waals surface area contributed by atoms with E-state index in [9.17, 15) is 29.1 Å². The number of H-pyrrole nitrogens is 1. The Morgan fingerprint density at radius 2 is 1.88 bits per heavy atom. The van der Waals surface area contributed by atoms with Gasteiger partial charge in [0.25, 0.3) is 23.3 Å². The van der Waals surface area contributed by atoms with Gasteiger partial charge in [0.05, 0.1) is 0 Å². The minimum absolute atomic E-state index is 0.143. The van der Waals surface area contributed by atoms with E-state index in [4.69, 9.17) is 5.73 Å². The summed E-state index contributed by atoms with van der Waals surface area (Å²) in [4.78, 5) is 71.6. The molecule has 10 nitrogen and oxygen atoms in total. The van der Waals surface area contributed by atoms with E-state index < -0.39 is 46.7 Å². The number of amides is 3. The normalized spacial score (nSPS) is 25.9. The number of aliphatic carboxylic acids is 1. The van der Waals surface area contributed by atoms with Crippen molar-refractivity contribution in [1.29, 1.82) is 0 Å². The molecule has 2 aromatic rings. The molecule has 0 bridgehead atoms. The molecular weight excluding hydrogens is 532 g/mol. The second kappa shape index (κ2) is 10.0. The van der Waals surface area contributed by atoms with Crippen LogP contribution in [0.5, 0.6) is 0 Å². The molecule has 3 heterocycles. The lowest BCUT2D eigenvalue weighted by atomic mass is 9.80. The van der Waals surface area contributed by atoms with Gasteiger partial charge in [0, 0.05) is 11.4 Å². The predicted octanol–water partition coefficient (Wildman–Crippen LogP) is 2.52. The molecule has 0 spiro atoms. The number of aromatic nitrogens is 1. The minimum atomic E-state index is -1.29. The molecule has 5 atom stereocenters. The van der Waals surface area contributed by atoms with Crippen molar-refractivity contribution in [2.75, 3.05) is 5.75 Å². The number of hydrogen-bond acceptors (Lipinski definition) is 7. The van der Waals surface area contributed by atoms with Gasteiger partial charge in [0.15, 0.2) is 0 Å². The highest BCUT2D eigenvalue weighted by atomic mass is 32.2. The fourth-order valence-electron chi connectivity index (χ4n) is 6.67. The number of carbonyl (C=O) groups is 4. The quantitative estimate of drug-likeness (QED) is 0.470. The largest absolute Gasteiger partial charge is 0.477 e. The lowest BCUT2D eigenvalue weighted by molar-refractivity contribution is -0.157. The molecule has 2 aliphatic heterocycles. The summed E-state index contributed by atoms with van der Waals surface area (Å²) < 4.78 is 0. The number of thioether (sulfide) groups is 1. The van der Waals surface area contributed by atoms with E-state index in [1.54, 1.807) is 43.3 Å². The number of carbonyl (C=O) groups excluding carboxylic acids is 3. The van der Waals surface area contributed by atoms with E-state index in [1.165, 1.54) is 11.8 Å². The number of benzene rings is 1. The second-order valence-electron chi connectivity index (χ2n) is 11.0. The monoisotopic (exact) mass is 562 g/mol. The highest BCUT2D eigenvalue weighted by molar-refractivity contribution is 8.00. The number of carboxylic acid groups (broad SMARTS) is 1. The second-order valence-corrected chi connectivity index (χ2v) is 12.1. The van der Waals surface area contributed by atoms with Gasteiger partial charge >= 0.3 is 5.97 Å². The molecule has 40 heavy (non-hydrogen) atoms. The molecule has 3 amide bonds. The molecule has 2 aliphatic carbocycles. The number of β-lactam (4-membered cyclic amide) rings is 1. The van der Waals surface area contributed by atoms with Crippen LogP contribution in [0.4, 0.5) is 0 Å². The Morgan fingerprint density at radius 1 is 1.15 bits per heavy atom. The predicted molar refractivity (Wildman–Crippen MR) is 147 cm³/mol. The third-order valence-electron chi connectivity index (χ3n) is 8.66. The number of nitrogens with zero attached hydrogens (tertiary/aromatic N) is 2. The molecule has 2 fully saturated rings. The smallest absolute Gasteiger partial charge is 0.352 e. The number of carboxylic acids is 1. The lowest BCUT2D eigenvalue weighted by Gasteiger charge is -2.52. The number of nitrogens with two attached hydrogens (primary N) is 1. The first-order valence-corrected chi connectivity index (χ1v) is 14.6. The third kappa shape index (κ3) is 4.10. The maximum absolute atomic E-state index is 14.2. The van der Waals surface area contributed by atoms with Crippen molar-refractivity contribution >= 4 is 35.5 Å². The summed E-state index contributed by atoms with van der Waals surface area (Å²) in [5.41, 5.74) is 8.08. The molecular formula is C29H30N4O6S. The van der Waals surface area contributed by atoms with Crippen molar-refractivity contribution in [3.8, 4) is 0 Å². The van der Waals surface area contributed by atoms with Gasteiger partial charge in [-0.1, -0.05) is 43.2 Å². The van der Waals surface area contributed by atoms with Crippen molar-refractivity contribution in [2.24, 2.45) is 11.7 Å². The van der Waals surface area contributed by atoms with E-state index in [0.29, 0.717) is 22.8 Å². The standard InChI is InChI=1S/C29H30N4O6S/c1-14-13-40-28-23(27(37)33(28)22(14)29(38)39)32(26(36)21(30)15-7-3-2-4-8-15)25(35)19-12-18-17-10-6-5-9-16(17)11-20(18)31-24(19)34/h2-4,7-8,12,16-17,21,23,28H,5-6,9-11,13,30H2,1H3,(H,31,34)(H,38,39)/t16-,17-,21-,23-,28-/m1/s1. The number of pyridine rings is 1. The number of hydrogen-bond donors (Lipinski definition) is 3. The average Bonchev–Trinajstić information content (AvgIpc) is 3.31. The zero-order chi connectivity index (χ0) is 28.3. The fourth-order valence-corrected chi connectivity index (χ4v) is 8.01. The summed E-state index contributed by atoms with van der Waals surface area (Å²) >= 11 is 1.27. The number of fused-ring (bicyclic) bond motifs is 4. The van der Waals surface area contributed by atoms with Gasteiger partial charge in [-0.3, -0.25) is 29.0 Å². The van der Waals surface area contributed by atoms with Crippen LogP contribution in [0.2, 0.25) is 0 Å². The zero-order valence-corrected chi connectivity index (χ0v) is 22.8. The molecule has 0 radical (unpaired) electrons. The Morgan fingerprint density at radius 3 is 2.60 bits per heavy atom. The summed E-state index contributed by atoms with van der Waals surface area (Å²) in [7, 11) is 0. The third-order valence-corrected chi connectivity index (χ3v) is 10.1. The van der Waals surface area contributed by atoms with Crippen LogP contribution in [0.15, 0.2) is 52.5 Å². The van der Waals surface area contributed by atoms with E-state index in [-0.39, 0.29) is 17.2 Å². The van der Waals surface area contributed by atoms with E-state index >= 15 is 0 Å². The number of rotatable bonds is 5. The first-order chi connectivity index (χ1) is 19.2. The van der Waals surface area contributed by atoms with Crippen molar-refractivity contribution in [3.63, 3.8) is 0 Å². The van der Waals surface area contributed by atoms with Crippen LogP contribution >= 0.6 is 11.8 Å². The molecule has 208 valence electrons. The van der Waals surface area contributed by atoms with Crippen molar-refractivity contribution in [1.82, 2.24) is 14.8 Å². The van der Waals surface area contributed by atoms with Crippen molar-refractivity contribution in [2.45, 2.75) is 62.4 Å². The molecule has 1 saturated heterocycles. The molecule has 11 heteroatoms. The first kappa shape index (κ1) is 26.5. The Kier molecular flexibility index (Phi) is 6.66. The molecule has 4 aliphatic rings. The molecule has 6 rings (SSSR count). The number of imide groups is 1. The summed E-state index contributed by atoms with van der Waals surface area (Å²) in [6, 6.07) is 7.51. The SMILES string of the molecule is CC1=C(C(=O)O)N2C(=O)[C@@H](N(C(=O)c3cc4c([nH]c3=O)C[C@H]3CCCC[C@@H]43)C(=O)[C@H](N)c3ccccc3)[C@H]2SC1. The van der Waals surface area contributed by atoms with Gasteiger partial charge in [0.2, 0.25) is 0 Å².